The Labute approximate surface area is 178 Å². The number of aromatic nitrogens is 4. The predicted octanol–water partition coefficient (Wildman–Crippen LogP) is 4.86. The van der Waals surface area contributed by atoms with Gasteiger partial charge >= 0.3 is 6.18 Å². The fourth-order valence-electron chi connectivity index (χ4n) is 3.16. The van der Waals surface area contributed by atoms with E-state index in [0.29, 0.717) is 11.1 Å². The molecule has 6 nitrogen and oxygen atoms in total. The van der Waals surface area contributed by atoms with Crippen LogP contribution >= 0.6 is 0 Å². The molecule has 4 rings (SSSR count). The van der Waals surface area contributed by atoms with E-state index in [9.17, 15) is 22.0 Å². The van der Waals surface area contributed by atoms with Crippen LogP contribution in [-0.4, -0.2) is 27.0 Å². The molecule has 0 unspecified atom stereocenters. The smallest absolute Gasteiger partial charge is 0.417 e. The second-order valence-electron chi connectivity index (χ2n) is 6.94. The lowest BCUT2D eigenvalue weighted by molar-refractivity contribution is -0.137. The zero-order chi connectivity index (χ0) is 22.9. The van der Waals surface area contributed by atoms with Crippen LogP contribution < -0.4 is 10.1 Å². The zero-order valence-corrected chi connectivity index (χ0v) is 16.6. The van der Waals surface area contributed by atoms with Gasteiger partial charge in [0.1, 0.15) is 11.5 Å². The van der Waals surface area contributed by atoms with Crippen molar-refractivity contribution in [3.05, 3.63) is 76.9 Å². The number of hydrogen-bond donors (Lipinski definition) is 2. The quantitative estimate of drug-likeness (QED) is 0.325. The number of nitrogens with zero attached hydrogens (tertiary/aromatic N) is 3. The zero-order valence-electron chi connectivity index (χ0n) is 16.6. The fourth-order valence-corrected chi connectivity index (χ4v) is 3.16. The average Bonchev–Trinajstić information content (AvgIpc) is 3.15. The summed E-state index contributed by atoms with van der Waals surface area (Å²) in [5.41, 5.74) is 0.556. The number of anilines is 1. The number of rotatable bonds is 6. The van der Waals surface area contributed by atoms with E-state index in [2.05, 4.69) is 25.3 Å². The van der Waals surface area contributed by atoms with Crippen molar-refractivity contribution in [1.82, 2.24) is 19.9 Å². The Bertz CT molecular complexity index is 1270. The Kier molecular flexibility index (Phi) is 5.64. The highest BCUT2D eigenvalue weighted by Crippen LogP contribution is 2.32. The average molecular weight is 449 g/mol. The monoisotopic (exact) mass is 449 g/mol. The Morgan fingerprint density at radius 2 is 1.88 bits per heavy atom. The minimum atomic E-state index is -4.53. The first-order valence-corrected chi connectivity index (χ1v) is 9.35. The van der Waals surface area contributed by atoms with Gasteiger partial charge in [0.2, 0.25) is 11.8 Å². The fraction of sp³-hybridized carbons (Fsp3) is 0.190. The molecular formula is C21H16F5N5O. The third-order valence-corrected chi connectivity index (χ3v) is 4.78. The summed E-state index contributed by atoms with van der Waals surface area (Å²) in [7, 11) is 1.31. The standard InChI is InChI=1S/C21H16F5N5O/c1-32-20-16(22)4-11(8-30-20)7-27-17-3-2-12(18(23)31-17)5-13-9-28-19-15(13)6-14(10-29-19)21(24,25)26/h2-4,6,8-10H,5,7H2,1H3,(H,27,31)(H,28,29). The number of methoxy groups -OCH3 is 1. The number of ether oxygens (including phenoxy) is 1. The lowest BCUT2D eigenvalue weighted by atomic mass is 10.1. The number of fused-ring (bicyclic) bond motifs is 1. The Morgan fingerprint density at radius 1 is 1.06 bits per heavy atom. The molecule has 0 saturated heterocycles. The lowest BCUT2D eigenvalue weighted by Crippen LogP contribution is -2.06. The molecule has 0 bridgehead atoms. The molecule has 2 N–H and O–H groups in total. The van der Waals surface area contributed by atoms with Crippen molar-refractivity contribution >= 4 is 16.9 Å². The molecule has 4 heterocycles. The van der Waals surface area contributed by atoms with Crippen molar-refractivity contribution in [3.8, 4) is 5.88 Å². The molecule has 0 aliphatic heterocycles. The van der Waals surface area contributed by atoms with Crippen molar-refractivity contribution in [3.63, 3.8) is 0 Å². The predicted molar refractivity (Wildman–Crippen MR) is 106 cm³/mol. The molecule has 0 radical (unpaired) electrons. The highest BCUT2D eigenvalue weighted by atomic mass is 19.4. The Balaban J connectivity index is 1.50. The SMILES string of the molecule is COc1ncc(CNc2ccc(Cc3c[nH]c4ncc(C(F)(F)F)cc34)c(F)n2)cc1F. The van der Waals surface area contributed by atoms with Gasteiger partial charge in [-0.1, -0.05) is 6.07 Å². The summed E-state index contributed by atoms with van der Waals surface area (Å²) in [6.07, 6.45) is -0.849. The van der Waals surface area contributed by atoms with Crippen molar-refractivity contribution < 1.29 is 26.7 Å². The first-order valence-electron chi connectivity index (χ1n) is 9.35. The van der Waals surface area contributed by atoms with E-state index < -0.39 is 23.5 Å². The summed E-state index contributed by atoms with van der Waals surface area (Å²) in [6.45, 7) is 0.147. The van der Waals surface area contributed by atoms with Gasteiger partial charge in [-0.2, -0.15) is 17.6 Å². The molecule has 0 spiro atoms. The van der Waals surface area contributed by atoms with Gasteiger partial charge in [0.05, 0.1) is 12.7 Å². The van der Waals surface area contributed by atoms with Crippen LogP contribution in [0.2, 0.25) is 0 Å². The molecule has 0 atom stereocenters. The minimum Gasteiger partial charge on any atom is -0.479 e. The molecule has 0 aromatic carbocycles. The molecular weight excluding hydrogens is 433 g/mol. The summed E-state index contributed by atoms with van der Waals surface area (Å²) >= 11 is 0. The lowest BCUT2D eigenvalue weighted by Gasteiger charge is -2.09. The summed E-state index contributed by atoms with van der Waals surface area (Å²) < 4.78 is 72.0. The summed E-state index contributed by atoms with van der Waals surface area (Å²) in [5, 5.41) is 3.13. The molecule has 0 aliphatic rings. The van der Waals surface area contributed by atoms with Crippen LogP contribution in [0.3, 0.4) is 0 Å². The van der Waals surface area contributed by atoms with E-state index in [4.69, 9.17) is 4.74 Å². The number of halogens is 5. The molecule has 0 saturated carbocycles. The van der Waals surface area contributed by atoms with Crippen molar-refractivity contribution in [1.29, 1.82) is 0 Å². The van der Waals surface area contributed by atoms with Crippen LogP contribution in [0.4, 0.5) is 27.8 Å². The highest BCUT2D eigenvalue weighted by Gasteiger charge is 2.31. The van der Waals surface area contributed by atoms with Crippen LogP contribution in [0.25, 0.3) is 11.0 Å². The molecule has 0 amide bonds. The normalized spacial score (nSPS) is 11.7. The van der Waals surface area contributed by atoms with Gasteiger partial charge in [-0.3, -0.25) is 0 Å². The molecule has 11 heteroatoms. The number of nitrogens with one attached hydrogen (secondary N) is 2. The van der Waals surface area contributed by atoms with E-state index in [1.165, 1.54) is 37.7 Å². The van der Waals surface area contributed by atoms with Crippen LogP contribution in [-0.2, 0) is 19.1 Å². The molecule has 166 valence electrons. The van der Waals surface area contributed by atoms with Crippen LogP contribution in [0.1, 0.15) is 22.3 Å². The van der Waals surface area contributed by atoms with Gasteiger partial charge < -0.3 is 15.0 Å². The van der Waals surface area contributed by atoms with Crippen molar-refractivity contribution in [2.45, 2.75) is 19.1 Å². The molecule has 4 aromatic heterocycles. The van der Waals surface area contributed by atoms with Crippen molar-refractivity contribution in [2.24, 2.45) is 0 Å². The van der Waals surface area contributed by atoms with E-state index in [0.717, 1.165) is 12.3 Å². The van der Waals surface area contributed by atoms with Gasteiger partial charge in [0.15, 0.2) is 5.82 Å². The maximum Gasteiger partial charge on any atom is 0.417 e. The second-order valence-corrected chi connectivity index (χ2v) is 6.94. The molecule has 32 heavy (non-hydrogen) atoms. The van der Waals surface area contributed by atoms with Gasteiger partial charge in [0, 0.05) is 42.5 Å². The molecule has 0 aliphatic carbocycles. The summed E-state index contributed by atoms with van der Waals surface area (Å²) in [4.78, 5) is 14.2. The second kappa shape index (κ2) is 8.40. The number of aromatic amines is 1. The Hall–Kier alpha value is -3.76. The number of H-pyrrole nitrogens is 1. The first-order chi connectivity index (χ1) is 15.2. The maximum absolute atomic E-state index is 14.6. The molecule has 0 fully saturated rings. The number of alkyl halides is 3. The van der Waals surface area contributed by atoms with Crippen molar-refractivity contribution in [2.75, 3.05) is 12.4 Å². The van der Waals surface area contributed by atoms with Crippen LogP contribution in [0.5, 0.6) is 5.88 Å². The van der Waals surface area contributed by atoms with Gasteiger partial charge in [-0.05, 0) is 29.3 Å². The highest BCUT2D eigenvalue weighted by molar-refractivity contribution is 5.80. The maximum atomic E-state index is 14.6. The third-order valence-electron chi connectivity index (χ3n) is 4.78. The first kappa shape index (κ1) is 21.5. The topological polar surface area (TPSA) is 75.7 Å². The van der Waals surface area contributed by atoms with E-state index in [-0.39, 0.29) is 41.3 Å². The van der Waals surface area contributed by atoms with Crippen LogP contribution in [0, 0.1) is 11.8 Å². The van der Waals surface area contributed by atoms with E-state index >= 15 is 0 Å². The van der Waals surface area contributed by atoms with E-state index in [1.54, 1.807) is 0 Å². The summed E-state index contributed by atoms with van der Waals surface area (Å²) in [5.74, 6) is -1.31. The largest absolute Gasteiger partial charge is 0.479 e. The third kappa shape index (κ3) is 4.46. The Morgan fingerprint density at radius 3 is 2.56 bits per heavy atom. The van der Waals surface area contributed by atoms with Gasteiger partial charge in [-0.15, -0.1) is 0 Å². The summed E-state index contributed by atoms with van der Waals surface area (Å²) in [6, 6.07) is 5.23. The van der Waals surface area contributed by atoms with Crippen LogP contribution in [0.15, 0.2) is 42.9 Å². The van der Waals surface area contributed by atoms with E-state index in [1.807, 2.05) is 0 Å². The number of hydrogen-bond acceptors (Lipinski definition) is 5. The number of pyridine rings is 3. The molecule has 4 aromatic rings. The van der Waals surface area contributed by atoms with Gasteiger partial charge in [0.25, 0.3) is 0 Å². The minimum absolute atomic E-state index is 0.0235. The van der Waals surface area contributed by atoms with Gasteiger partial charge in [-0.25, -0.2) is 19.3 Å².